The van der Waals surface area contributed by atoms with Crippen LogP contribution in [0.25, 0.3) is 10.8 Å². The predicted octanol–water partition coefficient (Wildman–Crippen LogP) is 3.20. The molecule has 0 saturated carbocycles. The first kappa shape index (κ1) is 15.4. The number of carboxylic acid groups (broad SMARTS) is 1. The predicted molar refractivity (Wildman–Crippen MR) is 88.6 cm³/mol. The Bertz CT molecular complexity index is 948. The molecule has 0 atom stereocenters. The average Bonchev–Trinajstić information content (AvgIpc) is 2.55. The zero-order valence-electron chi connectivity index (χ0n) is 12.4. The third-order valence-electron chi connectivity index (χ3n) is 3.57. The van der Waals surface area contributed by atoms with Crippen LogP contribution in [0.3, 0.4) is 0 Å². The highest BCUT2D eigenvalue weighted by atomic mass is 16.4. The standard InChI is InChI=1S/C18H13NO5/c20-14-5-3-13(4-6-14)19-17(22)15-8-12-7-11(18(23)24)2-1-10(12)9-16(15)21/h1-9,20-21H,(H,19,22)(H,23,24). The molecule has 6 nitrogen and oxygen atoms in total. The fourth-order valence-electron chi connectivity index (χ4n) is 2.34. The summed E-state index contributed by atoms with van der Waals surface area (Å²) in [5.41, 5.74) is 0.577. The van der Waals surface area contributed by atoms with Crippen LogP contribution >= 0.6 is 0 Å². The summed E-state index contributed by atoms with van der Waals surface area (Å²) in [6.45, 7) is 0. The summed E-state index contributed by atoms with van der Waals surface area (Å²) in [6.07, 6.45) is 0. The maximum Gasteiger partial charge on any atom is 0.335 e. The van der Waals surface area contributed by atoms with E-state index in [9.17, 15) is 19.8 Å². The van der Waals surface area contributed by atoms with E-state index in [-0.39, 0.29) is 22.6 Å². The summed E-state index contributed by atoms with van der Waals surface area (Å²) in [5.74, 6) is -1.74. The van der Waals surface area contributed by atoms with E-state index in [0.717, 1.165) is 0 Å². The number of amides is 1. The Hall–Kier alpha value is -3.54. The van der Waals surface area contributed by atoms with Gasteiger partial charge in [0, 0.05) is 5.69 Å². The minimum absolute atomic E-state index is 0.0260. The van der Waals surface area contributed by atoms with Crippen molar-refractivity contribution in [1.82, 2.24) is 0 Å². The van der Waals surface area contributed by atoms with E-state index in [2.05, 4.69) is 5.32 Å². The quantitative estimate of drug-likeness (QED) is 0.554. The Morgan fingerprint density at radius 3 is 2.21 bits per heavy atom. The molecule has 6 heteroatoms. The molecule has 0 aliphatic rings. The normalized spacial score (nSPS) is 10.5. The number of rotatable bonds is 3. The van der Waals surface area contributed by atoms with E-state index in [0.29, 0.717) is 16.5 Å². The zero-order chi connectivity index (χ0) is 17.3. The Labute approximate surface area is 136 Å². The lowest BCUT2D eigenvalue weighted by Crippen LogP contribution is -2.12. The van der Waals surface area contributed by atoms with Gasteiger partial charge in [0.15, 0.2) is 0 Å². The molecular formula is C18H13NO5. The molecule has 3 aromatic carbocycles. The number of carbonyl (C=O) groups is 2. The first-order chi connectivity index (χ1) is 11.4. The molecule has 0 bridgehead atoms. The number of phenolic OH excluding ortho intramolecular Hbond substituents is 2. The van der Waals surface area contributed by atoms with Crippen molar-refractivity contribution in [2.75, 3.05) is 5.32 Å². The van der Waals surface area contributed by atoms with E-state index in [1.165, 1.54) is 48.5 Å². The number of carbonyl (C=O) groups excluding carboxylic acids is 1. The third-order valence-corrected chi connectivity index (χ3v) is 3.57. The first-order valence-electron chi connectivity index (χ1n) is 7.04. The molecule has 3 aromatic rings. The molecule has 0 radical (unpaired) electrons. The lowest BCUT2D eigenvalue weighted by Gasteiger charge is -2.09. The number of benzene rings is 3. The van der Waals surface area contributed by atoms with Gasteiger partial charge >= 0.3 is 5.97 Å². The largest absolute Gasteiger partial charge is 0.508 e. The molecule has 0 saturated heterocycles. The first-order valence-corrected chi connectivity index (χ1v) is 7.04. The molecule has 3 rings (SSSR count). The number of anilines is 1. The Kier molecular flexibility index (Phi) is 3.79. The second-order valence-corrected chi connectivity index (χ2v) is 5.24. The van der Waals surface area contributed by atoms with Crippen LogP contribution in [0.5, 0.6) is 11.5 Å². The Morgan fingerprint density at radius 1 is 0.833 bits per heavy atom. The molecule has 0 aliphatic carbocycles. The summed E-state index contributed by atoms with van der Waals surface area (Å²) in [6, 6.07) is 13.2. The van der Waals surface area contributed by atoms with Gasteiger partial charge in [-0.25, -0.2) is 4.79 Å². The minimum Gasteiger partial charge on any atom is -0.508 e. The van der Waals surface area contributed by atoms with E-state index in [1.807, 2.05) is 0 Å². The maximum atomic E-state index is 12.3. The smallest absolute Gasteiger partial charge is 0.335 e. The molecule has 24 heavy (non-hydrogen) atoms. The van der Waals surface area contributed by atoms with E-state index in [1.54, 1.807) is 6.07 Å². The number of phenols is 2. The number of nitrogens with one attached hydrogen (secondary N) is 1. The average molecular weight is 323 g/mol. The van der Waals surface area contributed by atoms with Crippen molar-refractivity contribution in [2.45, 2.75) is 0 Å². The molecule has 120 valence electrons. The van der Waals surface area contributed by atoms with E-state index in [4.69, 9.17) is 5.11 Å². The van der Waals surface area contributed by atoms with Crippen LogP contribution in [0.2, 0.25) is 0 Å². The van der Waals surface area contributed by atoms with Gasteiger partial charge < -0.3 is 20.6 Å². The van der Waals surface area contributed by atoms with Crippen LogP contribution in [0.15, 0.2) is 54.6 Å². The lowest BCUT2D eigenvalue weighted by atomic mass is 10.0. The van der Waals surface area contributed by atoms with Crippen molar-refractivity contribution in [3.8, 4) is 11.5 Å². The van der Waals surface area contributed by atoms with Gasteiger partial charge in [0.25, 0.3) is 5.91 Å². The van der Waals surface area contributed by atoms with Crippen LogP contribution in [0, 0.1) is 0 Å². The molecule has 1 amide bonds. The van der Waals surface area contributed by atoms with Crippen LogP contribution < -0.4 is 5.32 Å². The SMILES string of the molecule is O=C(O)c1ccc2cc(O)c(C(=O)Nc3ccc(O)cc3)cc2c1. The third kappa shape index (κ3) is 2.98. The highest BCUT2D eigenvalue weighted by molar-refractivity contribution is 6.09. The number of hydrogen-bond donors (Lipinski definition) is 4. The fourth-order valence-corrected chi connectivity index (χ4v) is 2.34. The van der Waals surface area contributed by atoms with Crippen molar-refractivity contribution in [1.29, 1.82) is 0 Å². The summed E-state index contributed by atoms with van der Waals surface area (Å²) in [5, 5.41) is 32.1. The topological polar surface area (TPSA) is 107 Å². The van der Waals surface area contributed by atoms with Crippen molar-refractivity contribution in [2.24, 2.45) is 0 Å². The summed E-state index contributed by atoms with van der Waals surface area (Å²) in [4.78, 5) is 23.4. The maximum absolute atomic E-state index is 12.3. The van der Waals surface area contributed by atoms with Gasteiger partial charge in [-0.2, -0.15) is 0 Å². The molecule has 0 fully saturated rings. The van der Waals surface area contributed by atoms with Crippen LogP contribution in [-0.4, -0.2) is 27.2 Å². The van der Waals surface area contributed by atoms with E-state index < -0.39 is 11.9 Å². The second-order valence-electron chi connectivity index (χ2n) is 5.24. The molecule has 0 aromatic heterocycles. The van der Waals surface area contributed by atoms with Gasteiger partial charge in [-0.3, -0.25) is 4.79 Å². The van der Waals surface area contributed by atoms with Gasteiger partial charge in [0.1, 0.15) is 11.5 Å². The number of carboxylic acids is 1. The van der Waals surface area contributed by atoms with Crippen molar-refractivity contribution in [3.05, 3.63) is 65.7 Å². The van der Waals surface area contributed by atoms with Crippen molar-refractivity contribution < 1.29 is 24.9 Å². The molecule has 0 spiro atoms. The van der Waals surface area contributed by atoms with Crippen LogP contribution in [0.4, 0.5) is 5.69 Å². The number of aromatic carboxylic acids is 1. The highest BCUT2D eigenvalue weighted by Crippen LogP contribution is 2.27. The molecule has 0 heterocycles. The van der Waals surface area contributed by atoms with Gasteiger partial charge in [-0.15, -0.1) is 0 Å². The fraction of sp³-hybridized carbons (Fsp3) is 0. The highest BCUT2D eigenvalue weighted by Gasteiger charge is 2.14. The van der Waals surface area contributed by atoms with Crippen molar-refractivity contribution >= 4 is 28.3 Å². The minimum atomic E-state index is -1.07. The van der Waals surface area contributed by atoms with Gasteiger partial charge in [-0.05, 0) is 59.3 Å². The molecule has 4 N–H and O–H groups in total. The monoisotopic (exact) mass is 323 g/mol. The summed E-state index contributed by atoms with van der Waals surface area (Å²) in [7, 11) is 0. The Morgan fingerprint density at radius 2 is 1.54 bits per heavy atom. The molecule has 0 aliphatic heterocycles. The number of hydrogen-bond acceptors (Lipinski definition) is 4. The van der Waals surface area contributed by atoms with Crippen LogP contribution in [-0.2, 0) is 0 Å². The zero-order valence-corrected chi connectivity index (χ0v) is 12.4. The summed E-state index contributed by atoms with van der Waals surface area (Å²) >= 11 is 0. The molecule has 0 unspecified atom stereocenters. The number of fused-ring (bicyclic) bond motifs is 1. The second kappa shape index (κ2) is 5.92. The van der Waals surface area contributed by atoms with E-state index >= 15 is 0 Å². The van der Waals surface area contributed by atoms with Gasteiger partial charge in [0.05, 0.1) is 11.1 Å². The lowest BCUT2D eigenvalue weighted by molar-refractivity contribution is 0.0697. The summed E-state index contributed by atoms with van der Waals surface area (Å²) < 4.78 is 0. The number of aromatic hydroxyl groups is 2. The van der Waals surface area contributed by atoms with Crippen molar-refractivity contribution in [3.63, 3.8) is 0 Å². The van der Waals surface area contributed by atoms with Crippen LogP contribution in [0.1, 0.15) is 20.7 Å². The van der Waals surface area contributed by atoms with Gasteiger partial charge in [0.2, 0.25) is 0 Å². The molecular weight excluding hydrogens is 310 g/mol. The Balaban J connectivity index is 1.98. The van der Waals surface area contributed by atoms with Gasteiger partial charge in [-0.1, -0.05) is 6.07 Å².